The van der Waals surface area contributed by atoms with Crippen molar-refractivity contribution >= 4 is 16.4 Å². The second-order valence-corrected chi connectivity index (χ2v) is 16.6. The zero-order valence-electron chi connectivity index (χ0n) is 33.8. The Morgan fingerprint density at radius 1 is 0.770 bits per heavy atom. The molecule has 0 spiro atoms. The number of nitrogens with one attached hydrogen (secondary N) is 1. The van der Waals surface area contributed by atoms with E-state index in [2.05, 4.69) is 15.4 Å². The Labute approximate surface area is 352 Å². The number of hydrogen-bond donors (Lipinski definition) is 2. The van der Waals surface area contributed by atoms with Crippen LogP contribution in [0.25, 0.3) is 22.5 Å². The molecule has 6 aromatic rings. The largest absolute Gasteiger partial charge is 0.497 e. The predicted molar refractivity (Wildman–Crippen MR) is 224 cm³/mol. The Morgan fingerprint density at radius 2 is 1.28 bits per heavy atom. The number of methoxy groups -OCH3 is 3. The van der Waals surface area contributed by atoms with Gasteiger partial charge in [-0.25, -0.2) is 8.42 Å². The second-order valence-electron chi connectivity index (χ2n) is 14.7. The number of likely N-dealkylation sites (tertiary alicyclic amines) is 1. The van der Waals surface area contributed by atoms with Crippen LogP contribution in [0.4, 0.5) is 13.2 Å². The number of alkyl halides is 3. The zero-order valence-corrected chi connectivity index (χ0v) is 34.6. The molecule has 0 amide bonds. The van der Waals surface area contributed by atoms with Gasteiger partial charge in [0.15, 0.2) is 0 Å². The van der Waals surface area contributed by atoms with Gasteiger partial charge < -0.3 is 24.8 Å². The number of hydrogen-bond acceptors (Lipinski definition) is 10. The number of benzene rings is 5. The summed E-state index contributed by atoms with van der Waals surface area (Å²) >= 11 is 0. The molecule has 61 heavy (non-hydrogen) atoms. The second kappa shape index (κ2) is 17.7. The van der Waals surface area contributed by atoms with Gasteiger partial charge in [0, 0.05) is 31.7 Å². The van der Waals surface area contributed by atoms with Crippen molar-refractivity contribution in [3.05, 3.63) is 137 Å². The number of tetrazole rings is 1. The molecule has 1 saturated heterocycles. The molecule has 0 atom stereocenters. The summed E-state index contributed by atoms with van der Waals surface area (Å²) in [6.45, 7) is 0.678. The maximum atomic E-state index is 15.4. The smallest absolute Gasteiger partial charge is 0.417 e. The van der Waals surface area contributed by atoms with Crippen molar-refractivity contribution in [3.8, 4) is 39.8 Å². The topological polar surface area (TPSA) is 162 Å². The van der Waals surface area contributed by atoms with E-state index in [1.807, 2.05) is 4.90 Å². The minimum absolute atomic E-state index is 0.0805. The Hall–Kier alpha value is -6.30. The standard InChI is InChI=1S/C44H45F3N8O5S/c1-58-35-14-4-30(5-15-35)26-54(27-31-6-16-36(59-2)17-7-31)61(56,57)41-39(44(45,46)47)21-20-38(33-10-12-34(13-11-33)43(49)22-24-53(29-48)25-23-43)40(41)42-50-52-55(51-42)28-32-8-18-37(60-3)19-9-32/h4-21,29,48H,22-28,49H2,1-3H3. The number of piperidine rings is 1. The highest BCUT2D eigenvalue weighted by Gasteiger charge is 2.43. The van der Waals surface area contributed by atoms with E-state index in [0.29, 0.717) is 59.9 Å². The molecule has 1 fully saturated rings. The monoisotopic (exact) mass is 854 g/mol. The lowest BCUT2D eigenvalue weighted by atomic mass is 9.81. The molecule has 0 radical (unpaired) electrons. The van der Waals surface area contributed by atoms with E-state index < -0.39 is 32.2 Å². The van der Waals surface area contributed by atoms with Crippen molar-refractivity contribution in [2.24, 2.45) is 5.73 Å². The lowest BCUT2D eigenvalue weighted by Crippen LogP contribution is -2.47. The molecule has 1 aliphatic heterocycles. The van der Waals surface area contributed by atoms with E-state index >= 15 is 21.6 Å². The van der Waals surface area contributed by atoms with Crippen LogP contribution < -0.4 is 19.9 Å². The molecule has 1 aliphatic rings. The Balaban J connectivity index is 1.41. The Kier molecular flexibility index (Phi) is 12.4. The van der Waals surface area contributed by atoms with Gasteiger partial charge in [-0.1, -0.05) is 66.7 Å². The minimum atomic E-state index is -5.12. The van der Waals surface area contributed by atoms with Crippen LogP contribution in [0.5, 0.6) is 17.2 Å². The molecule has 0 aliphatic carbocycles. The number of sulfonamides is 1. The summed E-state index contributed by atoms with van der Waals surface area (Å²) in [6, 6.07) is 29.4. The van der Waals surface area contributed by atoms with E-state index in [4.69, 9.17) is 25.4 Å². The van der Waals surface area contributed by atoms with Gasteiger partial charge in [-0.2, -0.15) is 22.3 Å². The van der Waals surface area contributed by atoms with Gasteiger partial charge in [-0.15, -0.1) is 10.2 Å². The zero-order chi connectivity index (χ0) is 43.4. The van der Waals surface area contributed by atoms with E-state index in [1.165, 1.54) is 38.5 Å². The Bertz CT molecular complexity index is 2510. The quantitative estimate of drug-likeness (QED) is 0.0790. The molecule has 17 heteroatoms. The van der Waals surface area contributed by atoms with E-state index in [9.17, 15) is 0 Å². The molecule has 0 unspecified atom stereocenters. The highest BCUT2D eigenvalue weighted by atomic mass is 32.2. The van der Waals surface area contributed by atoms with Crippen LogP contribution in [0.1, 0.15) is 40.7 Å². The van der Waals surface area contributed by atoms with Gasteiger partial charge in [0.1, 0.15) is 22.1 Å². The van der Waals surface area contributed by atoms with Gasteiger partial charge in [-0.3, -0.25) is 5.41 Å². The highest BCUT2D eigenvalue weighted by molar-refractivity contribution is 7.89. The fourth-order valence-electron chi connectivity index (χ4n) is 7.39. The van der Waals surface area contributed by atoms with E-state index in [0.717, 1.165) is 21.5 Å². The lowest BCUT2D eigenvalue weighted by molar-refractivity contribution is -0.139. The first-order chi connectivity index (χ1) is 29.2. The third-order valence-corrected chi connectivity index (χ3v) is 12.8. The molecular formula is C44H45F3N8O5S. The van der Waals surface area contributed by atoms with Crippen LogP contribution in [0.3, 0.4) is 0 Å². The van der Waals surface area contributed by atoms with Crippen LogP contribution in [0.2, 0.25) is 0 Å². The highest BCUT2D eigenvalue weighted by Crippen LogP contribution is 2.45. The van der Waals surface area contributed by atoms with Crippen LogP contribution in [-0.2, 0) is 41.4 Å². The average Bonchev–Trinajstić information content (AvgIpc) is 3.74. The molecule has 318 valence electrons. The van der Waals surface area contributed by atoms with Gasteiger partial charge in [0.25, 0.3) is 0 Å². The predicted octanol–water partition coefficient (Wildman–Crippen LogP) is 7.35. The molecule has 5 aromatic carbocycles. The average molecular weight is 855 g/mol. The number of rotatable bonds is 15. The SMILES string of the molecule is COc1ccc(CN(Cc2ccc(OC)cc2)S(=O)(=O)c2c(C(F)(F)F)ccc(-c3ccc(C4(N)CCN(C=N)CC4)cc3)c2-c2nnn(Cc3ccc(OC)cc3)n2)cc1. The van der Waals surface area contributed by atoms with Gasteiger partial charge in [0.2, 0.25) is 15.8 Å². The van der Waals surface area contributed by atoms with Crippen molar-refractivity contribution in [2.75, 3.05) is 34.4 Å². The molecule has 2 heterocycles. The molecule has 3 N–H and O–H groups in total. The van der Waals surface area contributed by atoms with Crippen LogP contribution >= 0.6 is 0 Å². The van der Waals surface area contributed by atoms with Crippen molar-refractivity contribution < 1.29 is 35.8 Å². The summed E-state index contributed by atoms with van der Waals surface area (Å²) in [5, 5.41) is 20.5. The maximum absolute atomic E-state index is 15.4. The third-order valence-electron chi connectivity index (χ3n) is 10.9. The molecule has 13 nitrogen and oxygen atoms in total. The number of nitrogens with two attached hydrogens (primary N) is 1. The van der Waals surface area contributed by atoms with Crippen LogP contribution in [0, 0.1) is 5.41 Å². The number of halogens is 3. The summed E-state index contributed by atoms with van der Waals surface area (Å²) in [6.07, 6.45) is -2.68. The third kappa shape index (κ3) is 9.38. The molecule has 1 aromatic heterocycles. The van der Waals surface area contributed by atoms with Crippen LogP contribution in [-0.4, -0.2) is 78.6 Å². The van der Waals surface area contributed by atoms with Crippen LogP contribution in [0.15, 0.2) is 114 Å². The molecule has 0 bridgehead atoms. The van der Waals surface area contributed by atoms with Crippen molar-refractivity contribution in [2.45, 2.75) is 49.1 Å². The fourth-order valence-corrected chi connectivity index (χ4v) is 9.20. The summed E-state index contributed by atoms with van der Waals surface area (Å²) in [4.78, 5) is 2.06. The van der Waals surface area contributed by atoms with Gasteiger partial charge in [0.05, 0.1) is 45.3 Å². The van der Waals surface area contributed by atoms with Gasteiger partial charge in [-0.05, 0) is 93.9 Å². The molecule has 0 saturated carbocycles. The fraction of sp³-hybridized carbons (Fsp3) is 0.273. The maximum Gasteiger partial charge on any atom is 0.417 e. The number of nitrogens with zero attached hydrogens (tertiary/aromatic N) is 6. The van der Waals surface area contributed by atoms with E-state index in [-0.39, 0.29) is 36.6 Å². The van der Waals surface area contributed by atoms with E-state index in [1.54, 1.807) is 97.1 Å². The molecule has 7 rings (SSSR count). The molecular weight excluding hydrogens is 810 g/mol. The van der Waals surface area contributed by atoms with Crippen molar-refractivity contribution in [1.82, 2.24) is 29.4 Å². The van der Waals surface area contributed by atoms with Gasteiger partial charge >= 0.3 is 6.18 Å². The number of ether oxygens (including phenoxy) is 3. The minimum Gasteiger partial charge on any atom is -0.497 e. The first kappa shape index (κ1) is 42.8. The first-order valence-electron chi connectivity index (χ1n) is 19.3. The van der Waals surface area contributed by atoms with Crippen molar-refractivity contribution in [1.29, 1.82) is 5.41 Å². The van der Waals surface area contributed by atoms with Crippen molar-refractivity contribution in [3.63, 3.8) is 0 Å². The Morgan fingerprint density at radius 3 is 1.75 bits per heavy atom. The normalized spacial score (nSPS) is 14.2. The summed E-state index contributed by atoms with van der Waals surface area (Å²) in [7, 11) is -0.548. The summed E-state index contributed by atoms with van der Waals surface area (Å²) in [5.74, 6) is 1.35. The lowest BCUT2D eigenvalue weighted by Gasteiger charge is -2.38. The number of aromatic nitrogens is 4. The first-order valence-corrected chi connectivity index (χ1v) is 20.7. The summed E-state index contributed by atoms with van der Waals surface area (Å²) in [5.41, 5.74) is 7.52. The summed E-state index contributed by atoms with van der Waals surface area (Å²) < 4.78 is 93.8.